The molecule has 0 spiro atoms. The van der Waals surface area contributed by atoms with E-state index in [-0.39, 0.29) is 5.41 Å². The van der Waals surface area contributed by atoms with Crippen molar-refractivity contribution in [1.29, 1.82) is 0 Å². The van der Waals surface area contributed by atoms with Crippen LogP contribution in [-0.2, 0) is 5.41 Å². The van der Waals surface area contributed by atoms with Crippen LogP contribution in [0.2, 0.25) is 0 Å². The molecule has 10 rings (SSSR count). The molecule has 0 aliphatic heterocycles. The highest BCUT2D eigenvalue weighted by Gasteiger charge is 2.35. The van der Waals surface area contributed by atoms with Gasteiger partial charge in [-0.25, -0.2) is 15.0 Å². The molecule has 0 unspecified atom stereocenters. The summed E-state index contributed by atoms with van der Waals surface area (Å²) in [5.41, 5.74) is 14.3. The maximum Gasteiger partial charge on any atom is 0.164 e. The van der Waals surface area contributed by atoms with Gasteiger partial charge in [-0.3, -0.25) is 0 Å². The molecule has 4 nitrogen and oxygen atoms in total. The Hall–Kier alpha value is -6.65. The van der Waals surface area contributed by atoms with Crippen molar-refractivity contribution in [3.8, 4) is 67.5 Å². The summed E-state index contributed by atoms with van der Waals surface area (Å²) in [6, 6.07) is 57.2. The number of benzene rings is 7. The van der Waals surface area contributed by atoms with E-state index in [2.05, 4.69) is 135 Å². The van der Waals surface area contributed by atoms with E-state index in [9.17, 15) is 0 Å². The zero-order valence-electron chi connectivity index (χ0n) is 28.8. The van der Waals surface area contributed by atoms with Crippen molar-refractivity contribution in [2.24, 2.45) is 0 Å². The Bertz CT molecular complexity index is 2820. The van der Waals surface area contributed by atoms with Gasteiger partial charge in [0.05, 0.1) is 0 Å². The van der Waals surface area contributed by atoms with Crippen molar-refractivity contribution in [1.82, 2.24) is 15.0 Å². The highest BCUT2D eigenvalue weighted by molar-refractivity contribution is 6.13. The number of nitrogens with zero attached hydrogens (tertiary/aromatic N) is 3. The van der Waals surface area contributed by atoms with E-state index in [4.69, 9.17) is 19.4 Å². The summed E-state index contributed by atoms with van der Waals surface area (Å²) in [4.78, 5) is 15.2. The van der Waals surface area contributed by atoms with Crippen molar-refractivity contribution in [3.63, 3.8) is 0 Å². The van der Waals surface area contributed by atoms with Gasteiger partial charge in [-0.1, -0.05) is 147 Å². The number of hydrogen-bond acceptors (Lipinski definition) is 4. The lowest BCUT2D eigenvalue weighted by Crippen LogP contribution is -2.14. The monoisotopic (exact) mass is 667 g/mol. The molecule has 0 atom stereocenters. The Labute approximate surface area is 302 Å². The summed E-state index contributed by atoms with van der Waals surface area (Å²) in [6.45, 7) is 4.63. The van der Waals surface area contributed by atoms with Gasteiger partial charge in [-0.2, -0.15) is 0 Å². The van der Waals surface area contributed by atoms with Crippen LogP contribution in [0.3, 0.4) is 0 Å². The first-order valence-electron chi connectivity index (χ1n) is 17.7. The van der Waals surface area contributed by atoms with Gasteiger partial charge < -0.3 is 4.42 Å². The van der Waals surface area contributed by atoms with Gasteiger partial charge in [-0.05, 0) is 74.8 Å². The largest absolute Gasteiger partial charge is 0.456 e. The SMILES string of the molecule is CC1(C)c2ccccc2-c2cc(-c3cccc(-c4nc(-c5ccccc5)nc(-c5ccc6c(c5)oc5cccc(-c7ccccc7)c56)n4)c3)ccc21. The summed E-state index contributed by atoms with van der Waals surface area (Å²) in [5, 5.41) is 2.16. The Kier molecular flexibility index (Phi) is 6.80. The molecule has 2 heterocycles. The standard InChI is InChI=1S/C48H33N3O/c1-48(2)40-21-10-9-19-37(40)39-28-33(24-26-41(39)48)32-17-11-18-34(27-32)46-49-45(31-15-7-4-8-16-31)50-47(51-46)35-23-25-38-43(29-35)52-42-22-12-20-36(44(38)42)30-13-5-3-6-14-30/h3-29H,1-2H3. The molecule has 9 aromatic rings. The molecule has 7 aromatic carbocycles. The molecular weight excluding hydrogens is 635 g/mol. The van der Waals surface area contributed by atoms with E-state index in [0.29, 0.717) is 17.5 Å². The zero-order valence-corrected chi connectivity index (χ0v) is 28.8. The molecule has 1 aliphatic rings. The van der Waals surface area contributed by atoms with Crippen LogP contribution in [0, 0.1) is 0 Å². The number of rotatable bonds is 5. The van der Waals surface area contributed by atoms with Crippen molar-refractivity contribution < 1.29 is 4.42 Å². The lowest BCUT2D eigenvalue weighted by Gasteiger charge is -2.21. The van der Waals surface area contributed by atoms with E-state index in [1.165, 1.54) is 22.3 Å². The van der Waals surface area contributed by atoms with Crippen LogP contribution in [0.1, 0.15) is 25.0 Å². The van der Waals surface area contributed by atoms with Crippen LogP contribution in [-0.4, -0.2) is 15.0 Å². The fraction of sp³-hybridized carbons (Fsp3) is 0.0625. The predicted octanol–water partition coefficient (Wildman–Crippen LogP) is 12.4. The Morgan fingerprint density at radius 2 is 0.942 bits per heavy atom. The summed E-state index contributed by atoms with van der Waals surface area (Å²) >= 11 is 0. The third-order valence-electron chi connectivity index (χ3n) is 10.5. The average Bonchev–Trinajstić information content (AvgIpc) is 3.70. The zero-order chi connectivity index (χ0) is 34.8. The van der Waals surface area contributed by atoms with E-state index in [0.717, 1.165) is 60.9 Å². The van der Waals surface area contributed by atoms with Crippen molar-refractivity contribution in [2.45, 2.75) is 19.3 Å². The molecule has 52 heavy (non-hydrogen) atoms. The molecule has 2 aromatic heterocycles. The van der Waals surface area contributed by atoms with Crippen LogP contribution >= 0.6 is 0 Å². The van der Waals surface area contributed by atoms with Crippen LogP contribution < -0.4 is 0 Å². The predicted molar refractivity (Wildman–Crippen MR) is 212 cm³/mol. The minimum atomic E-state index is -0.0308. The van der Waals surface area contributed by atoms with E-state index < -0.39 is 0 Å². The van der Waals surface area contributed by atoms with Gasteiger partial charge in [-0.15, -0.1) is 0 Å². The molecule has 0 fully saturated rings. The van der Waals surface area contributed by atoms with Gasteiger partial charge in [0.15, 0.2) is 17.5 Å². The van der Waals surface area contributed by atoms with E-state index in [1.807, 2.05) is 42.5 Å². The highest BCUT2D eigenvalue weighted by atomic mass is 16.3. The fourth-order valence-electron chi connectivity index (χ4n) is 7.91. The maximum atomic E-state index is 6.47. The van der Waals surface area contributed by atoms with Gasteiger partial charge in [0, 0.05) is 32.9 Å². The molecular formula is C48H33N3O. The maximum absolute atomic E-state index is 6.47. The van der Waals surface area contributed by atoms with Gasteiger partial charge in [0.1, 0.15) is 11.2 Å². The van der Waals surface area contributed by atoms with Crippen molar-refractivity contribution in [2.75, 3.05) is 0 Å². The molecule has 0 amide bonds. The van der Waals surface area contributed by atoms with Crippen LogP contribution in [0.4, 0.5) is 0 Å². The highest BCUT2D eigenvalue weighted by Crippen LogP contribution is 2.49. The molecule has 0 N–H and O–H groups in total. The quantitative estimate of drug-likeness (QED) is 0.183. The van der Waals surface area contributed by atoms with Gasteiger partial charge >= 0.3 is 0 Å². The summed E-state index contributed by atoms with van der Waals surface area (Å²) in [6.07, 6.45) is 0. The molecule has 1 aliphatic carbocycles. The van der Waals surface area contributed by atoms with E-state index >= 15 is 0 Å². The summed E-state index contributed by atoms with van der Waals surface area (Å²) in [5.74, 6) is 1.84. The minimum absolute atomic E-state index is 0.0308. The second-order valence-corrected chi connectivity index (χ2v) is 14.0. The van der Waals surface area contributed by atoms with Gasteiger partial charge in [0.2, 0.25) is 0 Å². The number of aromatic nitrogens is 3. The van der Waals surface area contributed by atoms with Crippen molar-refractivity contribution in [3.05, 3.63) is 175 Å². The smallest absolute Gasteiger partial charge is 0.164 e. The fourth-order valence-corrected chi connectivity index (χ4v) is 7.91. The third-order valence-corrected chi connectivity index (χ3v) is 10.5. The Morgan fingerprint density at radius 3 is 1.73 bits per heavy atom. The van der Waals surface area contributed by atoms with Crippen LogP contribution in [0.15, 0.2) is 168 Å². The van der Waals surface area contributed by atoms with Crippen LogP contribution in [0.25, 0.3) is 89.5 Å². The second-order valence-electron chi connectivity index (χ2n) is 14.0. The average molecular weight is 668 g/mol. The molecule has 0 radical (unpaired) electrons. The first-order chi connectivity index (χ1) is 25.5. The molecule has 0 bridgehead atoms. The molecule has 4 heteroatoms. The van der Waals surface area contributed by atoms with Crippen molar-refractivity contribution >= 4 is 21.9 Å². The lowest BCUT2D eigenvalue weighted by molar-refractivity contribution is 0.660. The molecule has 0 saturated carbocycles. The number of hydrogen-bond donors (Lipinski definition) is 0. The molecule has 0 saturated heterocycles. The first kappa shape index (κ1) is 30.2. The number of furan rings is 1. The minimum Gasteiger partial charge on any atom is -0.456 e. The number of fused-ring (bicyclic) bond motifs is 6. The first-order valence-corrected chi connectivity index (χ1v) is 17.7. The van der Waals surface area contributed by atoms with Gasteiger partial charge in [0.25, 0.3) is 0 Å². The molecule has 246 valence electrons. The Balaban J connectivity index is 1.09. The third kappa shape index (κ3) is 4.87. The summed E-state index contributed by atoms with van der Waals surface area (Å²) in [7, 11) is 0. The lowest BCUT2D eigenvalue weighted by atomic mass is 9.82. The normalized spacial score (nSPS) is 13.0. The topological polar surface area (TPSA) is 51.8 Å². The second kappa shape index (κ2) is 11.7. The summed E-state index contributed by atoms with van der Waals surface area (Å²) < 4.78 is 6.47. The van der Waals surface area contributed by atoms with E-state index in [1.54, 1.807) is 0 Å². The Morgan fingerprint density at radius 1 is 0.385 bits per heavy atom. The van der Waals surface area contributed by atoms with Crippen LogP contribution in [0.5, 0.6) is 0 Å².